The Morgan fingerprint density at radius 1 is 1.42 bits per heavy atom. The van der Waals surface area contributed by atoms with E-state index >= 15 is 0 Å². The molecule has 100 valence electrons. The largest absolute Gasteiger partial charge is 0.436 e. The molecule has 5 heteroatoms. The predicted molar refractivity (Wildman–Crippen MR) is 72.1 cm³/mol. The van der Waals surface area contributed by atoms with Crippen LogP contribution in [0.3, 0.4) is 0 Å². The predicted octanol–water partition coefficient (Wildman–Crippen LogP) is 2.17. The summed E-state index contributed by atoms with van der Waals surface area (Å²) in [5.41, 5.74) is 2.17. The third-order valence-electron chi connectivity index (χ3n) is 3.07. The first-order valence-electron chi connectivity index (χ1n) is 6.56. The Kier molecular flexibility index (Phi) is 3.21. The average molecular weight is 258 g/mol. The van der Waals surface area contributed by atoms with Gasteiger partial charge in [0, 0.05) is 31.4 Å². The van der Waals surface area contributed by atoms with Gasteiger partial charge in [0.15, 0.2) is 5.75 Å². The average Bonchev–Trinajstić information content (AvgIpc) is 3.10. The summed E-state index contributed by atoms with van der Waals surface area (Å²) in [4.78, 5) is 4.39. The first kappa shape index (κ1) is 12.2. The molecule has 1 aliphatic rings. The zero-order valence-electron chi connectivity index (χ0n) is 11.3. The second kappa shape index (κ2) is 5.01. The third-order valence-corrected chi connectivity index (χ3v) is 3.07. The Morgan fingerprint density at radius 2 is 2.26 bits per heavy atom. The van der Waals surface area contributed by atoms with Crippen LogP contribution in [0.15, 0.2) is 24.5 Å². The minimum atomic E-state index is 0.626. The summed E-state index contributed by atoms with van der Waals surface area (Å²) in [6.07, 6.45) is 6.10. The number of rotatable bonds is 5. The minimum Gasteiger partial charge on any atom is -0.436 e. The van der Waals surface area contributed by atoms with E-state index in [1.807, 2.05) is 26.2 Å². The van der Waals surface area contributed by atoms with E-state index in [4.69, 9.17) is 4.74 Å². The van der Waals surface area contributed by atoms with E-state index in [1.165, 1.54) is 18.4 Å². The highest BCUT2D eigenvalue weighted by atomic mass is 16.5. The van der Waals surface area contributed by atoms with Crippen molar-refractivity contribution < 1.29 is 4.74 Å². The quantitative estimate of drug-likeness (QED) is 0.893. The molecule has 2 heterocycles. The number of nitrogens with one attached hydrogen (secondary N) is 1. The van der Waals surface area contributed by atoms with E-state index in [9.17, 15) is 0 Å². The Morgan fingerprint density at radius 3 is 2.95 bits per heavy atom. The van der Waals surface area contributed by atoms with Gasteiger partial charge in [-0.1, -0.05) is 0 Å². The molecule has 1 N–H and O–H groups in total. The highest BCUT2D eigenvalue weighted by Crippen LogP contribution is 2.22. The molecule has 2 aromatic heterocycles. The van der Waals surface area contributed by atoms with Gasteiger partial charge >= 0.3 is 0 Å². The van der Waals surface area contributed by atoms with Gasteiger partial charge in [0.05, 0.1) is 12.4 Å². The van der Waals surface area contributed by atoms with Crippen LogP contribution in [0.1, 0.15) is 24.1 Å². The van der Waals surface area contributed by atoms with Crippen LogP contribution >= 0.6 is 0 Å². The van der Waals surface area contributed by atoms with Crippen molar-refractivity contribution in [3.63, 3.8) is 0 Å². The van der Waals surface area contributed by atoms with Gasteiger partial charge in [-0.05, 0) is 31.4 Å². The summed E-state index contributed by atoms with van der Waals surface area (Å²) in [5.74, 6) is 1.34. The molecule has 1 saturated carbocycles. The number of nitrogens with zero attached hydrogens (tertiary/aromatic N) is 3. The van der Waals surface area contributed by atoms with Crippen molar-refractivity contribution >= 4 is 0 Å². The van der Waals surface area contributed by atoms with Crippen molar-refractivity contribution in [3.8, 4) is 11.6 Å². The lowest BCUT2D eigenvalue weighted by Crippen LogP contribution is -2.15. The Bertz CT molecular complexity index is 575. The molecule has 0 spiro atoms. The third kappa shape index (κ3) is 3.32. The van der Waals surface area contributed by atoms with Gasteiger partial charge < -0.3 is 10.1 Å². The van der Waals surface area contributed by atoms with Crippen LogP contribution in [0.25, 0.3) is 0 Å². The second-order valence-electron chi connectivity index (χ2n) is 5.06. The number of pyridine rings is 1. The molecule has 1 fully saturated rings. The molecule has 0 saturated heterocycles. The van der Waals surface area contributed by atoms with Crippen LogP contribution in [0, 0.1) is 6.92 Å². The van der Waals surface area contributed by atoms with Crippen LogP contribution in [-0.4, -0.2) is 20.8 Å². The van der Waals surface area contributed by atoms with Crippen molar-refractivity contribution in [2.45, 2.75) is 32.4 Å². The first-order chi connectivity index (χ1) is 9.19. The van der Waals surface area contributed by atoms with E-state index in [0.717, 1.165) is 12.2 Å². The highest BCUT2D eigenvalue weighted by molar-refractivity contribution is 5.28. The summed E-state index contributed by atoms with van der Waals surface area (Å²) in [6.45, 7) is 2.86. The summed E-state index contributed by atoms with van der Waals surface area (Å²) in [7, 11) is 1.86. The minimum absolute atomic E-state index is 0.626. The monoisotopic (exact) mass is 258 g/mol. The van der Waals surface area contributed by atoms with Gasteiger partial charge in [0.1, 0.15) is 0 Å². The van der Waals surface area contributed by atoms with Gasteiger partial charge in [0.25, 0.3) is 0 Å². The molecule has 0 aliphatic heterocycles. The van der Waals surface area contributed by atoms with Gasteiger partial charge in [-0.25, -0.2) is 4.98 Å². The van der Waals surface area contributed by atoms with E-state index in [-0.39, 0.29) is 0 Å². The SMILES string of the molecule is Cc1cc(CNC2CC2)cc(Oc2cnn(C)c2)n1. The summed E-state index contributed by atoms with van der Waals surface area (Å²) in [6, 6.07) is 4.78. The number of aromatic nitrogens is 3. The lowest BCUT2D eigenvalue weighted by Gasteiger charge is -2.07. The molecule has 0 aromatic carbocycles. The van der Waals surface area contributed by atoms with E-state index in [1.54, 1.807) is 10.9 Å². The van der Waals surface area contributed by atoms with Gasteiger partial charge in [-0.3, -0.25) is 4.68 Å². The van der Waals surface area contributed by atoms with Crippen molar-refractivity contribution in [2.24, 2.45) is 7.05 Å². The molecule has 2 aromatic rings. The molecule has 0 radical (unpaired) electrons. The standard InChI is InChI=1S/C14H18N4O/c1-10-5-11(7-15-12-3-4-12)6-14(17-10)19-13-8-16-18(2)9-13/h5-6,8-9,12,15H,3-4,7H2,1-2H3. The molecular weight excluding hydrogens is 240 g/mol. The zero-order chi connectivity index (χ0) is 13.2. The van der Waals surface area contributed by atoms with Crippen molar-refractivity contribution in [2.75, 3.05) is 0 Å². The number of hydrogen-bond acceptors (Lipinski definition) is 4. The topological polar surface area (TPSA) is 52.0 Å². The zero-order valence-corrected chi connectivity index (χ0v) is 11.3. The van der Waals surface area contributed by atoms with E-state index < -0.39 is 0 Å². The normalized spacial score (nSPS) is 14.6. The molecular formula is C14H18N4O. The van der Waals surface area contributed by atoms with E-state index in [0.29, 0.717) is 17.7 Å². The maximum absolute atomic E-state index is 5.72. The van der Waals surface area contributed by atoms with Crippen LogP contribution in [0.5, 0.6) is 11.6 Å². The molecule has 1 aliphatic carbocycles. The summed E-state index contributed by atoms with van der Waals surface area (Å²) < 4.78 is 7.43. The Labute approximate surface area is 112 Å². The molecule has 0 atom stereocenters. The van der Waals surface area contributed by atoms with Crippen LogP contribution in [-0.2, 0) is 13.6 Å². The number of hydrogen-bond donors (Lipinski definition) is 1. The Balaban J connectivity index is 1.72. The number of aryl methyl sites for hydroxylation is 2. The van der Waals surface area contributed by atoms with Crippen LogP contribution < -0.4 is 10.1 Å². The Hall–Kier alpha value is -1.88. The summed E-state index contributed by atoms with van der Waals surface area (Å²) in [5, 5.41) is 7.57. The fraction of sp³-hybridized carbons (Fsp3) is 0.429. The highest BCUT2D eigenvalue weighted by Gasteiger charge is 2.20. The second-order valence-corrected chi connectivity index (χ2v) is 5.06. The molecule has 19 heavy (non-hydrogen) atoms. The molecule has 0 bridgehead atoms. The lowest BCUT2D eigenvalue weighted by atomic mass is 10.2. The van der Waals surface area contributed by atoms with Crippen molar-refractivity contribution in [1.29, 1.82) is 0 Å². The molecule has 5 nitrogen and oxygen atoms in total. The number of ether oxygens (including phenoxy) is 1. The fourth-order valence-electron chi connectivity index (χ4n) is 1.98. The van der Waals surface area contributed by atoms with Gasteiger partial charge in [-0.2, -0.15) is 5.10 Å². The molecule has 0 amide bonds. The molecule has 3 rings (SSSR count). The smallest absolute Gasteiger partial charge is 0.219 e. The lowest BCUT2D eigenvalue weighted by molar-refractivity contribution is 0.459. The van der Waals surface area contributed by atoms with Crippen LogP contribution in [0.2, 0.25) is 0 Å². The summed E-state index contributed by atoms with van der Waals surface area (Å²) >= 11 is 0. The maximum Gasteiger partial charge on any atom is 0.219 e. The maximum atomic E-state index is 5.72. The van der Waals surface area contributed by atoms with Crippen molar-refractivity contribution in [1.82, 2.24) is 20.1 Å². The van der Waals surface area contributed by atoms with Gasteiger partial charge in [0.2, 0.25) is 5.88 Å². The fourth-order valence-corrected chi connectivity index (χ4v) is 1.98. The van der Waals surface area contributed by atoms with Crippen molar-refractivity contribution in [3.05, 3.63) is 35.8 Å². The molecule has 0 unspecified atom stereocenters. The van der Waals surface area contributed by atoms with Gasteiger partial charge in [-0.15, -0.1) is 0 Å². The first-order valence-corrected chi connectivity index (χ1v) is 6.56. The van der Waals surface area contributed by atoms with E-state index in [2.05, 4.69) is 21.5 Å². The van der Waals surface area contributed by atoms with Crippen LogP contribution in [0.4, 0.5) is 0 Å².